The second-order valence-corrected chi connectivity index (χ2v) is 8.48. The van der Waals surface area contributed by atoms with Crippen LogP contribution in [0.1, 0.15) is 31.0 Å². The van der Waals surface area contributed by atoms with Crippen molar-refractivity contribution in [2.45, 2.75) is 39.0 Å². The van der Waals surface area contributed by atoms with Gasteiger partial charge in [0.25, 0.3) is 0 Å². The van der Waals surface area contributed by atoms with Crippen molar-refractivity contribution in [3.63, 3.8) is 0 Å². The fraction of sp³-hybridized carbons (Fsp3) is 0.435. The second kappa shape index (κ2) is 9.88. The molecule has 0 unspecified atom stereocenters. The summed E-state index contributed by atoms with van der Waals surface area (Å²) in [5, 5.41) is 19.6. The Morgan fingerprint density at radius 1 is 1.21 bits per heavy atom. The van der Waals surface area contributed by atoms with E-state index >= 15 is 0 Å². The summed E-state index contributed by atoms with van der Waals surface area (Å²) in [5.41, 5.74) is 0.878. The number of rotatable bonds is 6. The highest BCUT2D eigenvalue weighted by atomic mass is 19.4. The Morgan fingerprint density at radius 2 is 1.97 bits per heavy atom. The zero-order chi connectivity index (χ0) is 24.3. The third kappa shape index (κ3) is 5.24. The molecule has 4 rings (SSSR count). The van der Waals surface area contributed by atoms with Crippen LogP contribution in [0, 0.1) is 5.92 Å². The van der Waals surface area contributed by atoms with E-state index < -0.39 is 17.9 Å². The molecule has 0 radical (unpaired) electrons. The maximum Gasteiger partial charge on any atom is 0.433 e. The van der Waals surface area contributed by atoms with Crippen molar-refractivity contribution in [2.75, 3.05) is 29.9 Å². The summed E-state index contributed by atoms with van der Waals surface area (Å²) in [6.45, 7) is 3.66. The molecule has 0 atom stereocenters. The van der Waals surface area contributed by atoms with Crippen molar-refractivity contribution < 1.29 is 23.1 Å². The molecule has 1 aromatic carbocycles. The van der Waals surface area contributed by atoms with Crippen LogP contribution < -0.4 is 15.5 Å². The number of aliphatic hydroxyl groups is 1. The number of halogens is 3. The number of aromatic nitrogens is 3. The normalized spacial score (nSPS) is 15.0. The Hall–Kier alpha value is -3.34. The SMILES string of the molecule is CC1CCN(c2nc(C(F)(F)F)ccc2CNC(=O)Nc2cccc3c2cnn3CCO)CC1. The van der Waals surface area contributed by atoms with Gasteiger partial charge in [0.2, 0.25) is 0 Å². The minimum Gasteiger partial charge on any atom is -0.394 e. The molecule has 0 saturated carbocycles. The number of amides is 2. The molecule has 3 N–H and O–H groups in total. The highest BCUT2D eigenvalue weighted by molar-refractivity contribution is 6.00. The maximum absolute atomic E-state index is 13.3. The van der Waals surface area contributed by atoms with Crippen molar-refractivity contribution in [2.24, 2.45) is 5.92 Å². The zero-order valence-corrected chi connectivity index (χ0v) is 18.8. The molecule has 0 bridgehead atoms. The molecule has 1 aliphatic heterocycles. The van der Waals surface area contributed by atoms with Crippen molar-refractivity contribution in [1.82, 2.24) is 20.1 Å². The van der Waals surface area contributed by atoms with E-state index in [2.05, 4.69) is 27.6 Å². The summed E-state index contributed by atoms with van der Waals surface area (Å²) in [6.07, 6.45) is -1.19. The molecule has 8 nitrogen and oxygen atoms in total. The van der Waals surface area contributed by atoms with Crippen molar-refractivity contribution in [3.8, 4) is 0 Å². The third-order valence-corrected chi connectivity index (χ3v) is 6.02. The Bertz CT molecular complexity index is 1160. The van der Waals surface area contributed by atoms with Crippen LogP contribution in [0.4, 0.5) is 29.5 Å². The van der Waals surface area contributed by atoms with Gasteiger partial charge in [0, 0.05) is 30.6 Å². The Balaban J connectivity index is 1.49. The van der Waals surface area contributed by atoms with Crippen LogP contribution in [0.5, 0.6) is 0 Å². The number of urea groups is 1. The molecular weight excluding hydrogens is 449 g/mol. The standard InChI is InChI=1S/C23H27F3N6O2/c1-15-7-9-31(10-8-15)21-16(5-6-20(30-21)23(24,25)26)13-27-22(34)29-18-3-2-4-19-17(18)14-28-32(19)11-12-33/h2-6,14-15,33H,7-13H2,1H3,(H2,27,29,34). The number of hydrogen-bond acceptors (Lipinski definition) is 5. The van der Waals surface area contributed by atoms with Crippen LogP contribution in [0.2, 0.25) is 0 Å². The molecule has 11 heteroatoms. The van der Waals surface area contributed by atoms with E-state index in [1.165, 1.54) is 6.07 Å². The molecule has 182 valence electrons. The molecule has 2 aromatic heterocycles. The number of benzene rings is 1. The van der Waals surface area contributed by atoms with E-state index in [1.807, 2.05) is 11.0 Å². The fourth-order valence-corrected chi connectivity index (χ4v) is 4.09. The summed E-state index contributed by atoms with van der Waals surface area (Å²) in [5.74, 6) is 0.772. The fourth-order valence-electron chi connectivity index (χ4n) is 4.09. The zero-order valence-electron chi connectivity index (χ0n) is 18.8. The molecule has 2 amide bonds. The Kier molecular flexibility index (Phi) is 6.92. The molecule has 1 saturated heterocycles. The number of carbonyl (C=O) groups excluding carboxylic acids is 1. The molecule has 0 spiro atoms. The minimum absolute atomic E-state index is 0.0259. The van der Waals surface area contributed by atoms with Gasteiger partial charge in [0.05, 0.1) is 30.6 Å². The maximum atomic E-state index is 13.3. The first kappa shape index (κ1) is 23.8. The van der Waals surface area contributed by atoms with E-state index in [4.69, 9.17) is 0 Å². The summed E-state index contributed by atoms with van der Waals surface area (Å²) < 4.78 is 41.5. The summed E-state index contributed by atoms with van der Waals surface area (Å²) in [7, 11) is 0. The van der Waals surface area contributed by atoms with Crippen LogP contribution in [0.15, 0.2) is 36.5 Å². The lowest BCUT2D eigenvalue weighted by molar-refractivity contribution is -0.141. The van der Waals surface area contributed by atoms with Crippen LogP contribution in [-0.4, -0.2) is 45.6 Å². The number of pyridine rings is 1. The predicted molar refractivity (Wildman–Crippen MR) is 123 cm³/mol. The van der Waals surface area contributed by atoms with Crippen molar-refractivity contribution in [3.05, 3.63) is 47.8 Å². The number of nitrogens with one attached hydrogen (secondary N) is 2. The number of hydrogen-bond donors (Lipinski definition) is 3. The van der Waals surface area contributed by atoms with Crippen LogP contribution in [-0.2, 0) is 19.3 Å². The molecule has 34 heavy (non-hydrogen) atoms. The number of carbonyl (C=O) groups is 1. The molecule has 3 aromatic rings. The number of alkyl halides is 3. The lowest BCUT2D eigenvalue weighted by Gasteiger charge is -2.33. The number of anilines is 2. The van der Waals surface area contributed by atoms with Gasteiger partial charge in [-0.15, -0.1) is 0 Å². The molecule has 0 aliphatic carbocycles. The van der Waals surface area contributed by atoms with Crippen molar-refractivity contribution in [1.29, 1.82) is 0 Å². The highest BCUT2D eigenvalue weighted by Crippen LogP contribution is 2.32. The van der Waals surface area contributed by atoms with Crippen LogP contribution in [0.3, 0.4) is 0 Å². The van der Waals surface area contributed by atoms with Gasteiger partial charge >= 0.3 is 12.2 Å². The summed E-state index contributed by atoms with van der Waals surface area (Å²) in [4.78, 5) is 18.4. The van der Waals surface area contributed by atoms with Gasteiger partial charge in [-0.25, -0.2) is 9.78 Å². The monoisotopic (exact) mass is 476 g/mol. The quantitative estimate of drug-likeness (QED) is 0.500. The van der Waals surface area contributed by atoms with Crippen LogP contribution in [0.25, 0.3) is 10.9 Å². The van der Waals surface area contributed by atoms with Gasteiger partial charge < -0.3 is 20.6 Å². The first-order valence-electron chi connectivity index (χ1n) is 11.2. The Labute approximate surface area is 194 Å². The average molecular weight is 477 g/mol. The van der Waals surface area contributed by atoms with E-state index in [-0.39, 0.29) is 19.0 Å². The topological polar surface area (TPSA) is 95.3 Å². The first-order chi connectivity index (χ1) is 16.3. The Morgan fingerprint density at radius 3 is 2.68 bits per heavy atom. The van der Waals surface area contributed by atoms with Crippen LogP contribution >= 0.6 is 0 Å². The van der Waals surface area contributed by atoms with E-state index in [0.29, 0.717) is 42.2 Å². The van der Waals surface area contributed by atoms with Gasteiger partial charge in [0.15, 0.2) is 0 Å². The van der Waals surface area contributed by atoms with Gasteiger partial charge in [-0.3, -0.25) is 4.68 Å². The predicted octanol–water partition coefficient (Wildman–Crippen LogP) is 4.00. The number of piperidine rings is 1. The highest BCUT2D eigenvalue weighted by Gasteiger charge is 2.34. The second-order valence-electron chi connectivity index (χ2n) is 8.48. The van der Waals surface area contributed by atoms with Gasteiger partial charge in [-0.2, -0.15) is 18.3 Å². The molecule has 1 aliphatic rings. The molecule has 3 heterocycles. The minimum atomic E-state index is -4.54. The largest absolute Gasteiger partial charge is 0.433 e. The number of aliphatic hydroxyl groups excluding tert-OH is 1. The van der Waals surface area contributed by atoms with Gasteiger partial charge in [-0.05, 0) is 37.0 Å². The van der Waals surface area contributed by atoms with Gasteiger partial charge in [-0.1, -0.05) is 19.1 Å². The van der Waals surface area contributed by atoms with E-state index in [9.17, 15) is 23.1 Å². The lowest BCUT2D eigenvalue weighted by atomic mass is 9.99. The van der Waals surface area contributed by atoms with Gasteiger partial charge in [0.1, 0.15) is 11.5 Å². The lowest BCUT2D eigenvalue weighted by Crippen LogP contribution is -2.35. The number of nitrogens with zero attached hydrogens (tertiary/aromatic N) is 4. The van der Waals surface area contributed by atoms with E-state index in [0.717, 1.165) is 24.4 Å². The van der Waals surface area contributed by atoms with E-state index in [1.54, 1.807) is 23.0 Å². The first-order valence-corrected chi connectivity index (χ1v) is 11.2. The molecular formula is C23H27F3N6O2. The average Bonchev–Trinajstić information content (AvgIpc) is 3.22. The summed E-state index contributed by atoms with van der Waals surface area (Å²) in [6, 6.07) is 7.15. The summed E-state index contributed by atoms with van der Waals surface area (Å²) >= 11 is 0. The molecule has 1 fully saturated rings. The smallest absolute Gasteiger partial charge is 0.394 e. The van der Waals surface area contributed by atoms with Crippen molar-refractivity contribution >= 4 is 28.4 Å². The number of fused-ring (bicyclic) bond motifs is 1. The third-order valence-electron chi connectivity index (χ3n) is 6.02.